The lowest BCUT2D eigenvalue weighted by Gasteiger charge is -2.30. The van der Waals surface area contributed by atoms with E-state index in [1.807, 2.05) is 54.3 Å². The Morgan fingerprint density at radius 2 is 1.86 bits per heavy atom. The first-order valence-corrected chi connectivity index (χ1v) is 10.7. The summed E-state index contributed by atoms with van der Waals surface area (Å²) in [5.74, 6) is 0.0783. The average Bonchev–Trinajstić information content (AvgIpc) is 3.11. The monoisotopic (exact) mass is 408 g/mol. The Hall–Kier alpha value is -2.80. The maximum atomic E-state index is 13.0. The normalized spacial score (nSPS) is 14.4. The van der Waals surface area contributed by atoms with Gasteiger partial charge in [0.25, 0.3) is 0 Å². The highest BCUT2D eigenvalue weighted by molar-refractivity contribution is 8.00. The first kappa shape index (κ1) is 19.5. The van der Waals surface area contributed by atoms with Gasteiger partial charge in [0.1, 0.15) is 0 Å². The van der Waals surface area contributed by atoms with Crippen LogP contribution in [0.2, 0.25) is 0 Å². The molecule has 3 aromatic rings. The van der Waals surface area contributed by atoms with Crippen molar-refractivity contribution in [2.75, 3.05) is 6.54 Å². The van der Waals surface area contributed by atoms with Crippen molar-refractivity contribution in [1.82, 2.24) is 19.7 Å². The fourth-order valence-corrected chi connectivity index (χ4v) is 4.59. The summed E-state index contributed by atoms with van der Waals surface area (Å²) in [6, 6.07) is 18.3. The van der Waals surface area contributed by atoms with Gasteiger partial charge in [0.15, 0.2) is 5.16 Å². The molecule has 0 saturated heterocycles. The van der Waals surface area contributed by atoms with Crippen LogP contribution in [0.4, 0.5) is 0 Å². The molecule has 6 nitrogen and oxygen atoms in total. The van der Waals surface area contributed by atoms with Gasteiger partial charge in [-0.3, -0.25) is 9.36 Å². The van der Waals surface area contributed by atoms with Crippen LogP contribution in [0, 0.1) is 0 Å². The maximum absolute atomic E-state index is 13.0. The number of aromatic amines is 1. The van der Waals surface area contributed by atoms with E-state index in [9.17, 15) is 9.59 Å². The fourth-order valence-electron chi connectivity index (χ4n) is 3.63. The fraction of sp³-hybridized carbons (Fsp3) is 0.318. The largest absolute Gasteiger partial charge is 0.343 e. The van der Waals surface area contributed by atoms with E-state index in [1.165, 1.54) is 22.9 Å². The first-order chi connectivity index (χ1) is 14.1. The predicted molar refractivity (Wildman–Crippen MR) is 114 cm³/mol. The number of thioether (sulfide) groups is 1. The standard InChI is InChI=1S/C22H24N4O2S/c1-16(20(27)25-13-12-18-9-5-6-10-19(18)15-25)29-22-24-23-21(28)26(22)14-11-17-7-3-2-4-8-17/h2-10,16H,11-15H2,1H3,(H,23,28). The molecule has 150 valence electrons. The number of fused-ring (bicyclic) bond motifs is 1. The van der Waals surface area contributed by atoms with E-state index in [-0.39, 0.29) is 16.8 Å². The molecule has 0 spiro atoms. The van der Waals surface area contributed by atoms with Crippen molar-refractivity contribution in [2.45, 2.75) is 43.3 Å². The van der Waals surface area contributed by atoms with E-state index in [2.05, 4.69) is 22.3 Å². The van der Waals surface area contributed by atoms with Crippen molar-refractivity contribution in [1.29, 1.82) is 0 Å². The minimum atomic E-state index is -0.314. The molecule has 1 aliphatic heterocycles. The molecule has 0 fully saturated rings. The number of nitrogens with zero attached hydrogens (tertiary/aromatic N) is 3. The summed E-state index contributed by atoms with van der Waals surface area (Å²) in [5.41, 5.74) is 3.45. The van der Waals surface area contributed by atoms with Crippen molar-refractivity contribution < 1.29 is 4.79 Å². The van der Waals surface area contributed by atoms with E-state index in [1.54, 1.807) is 4.57 Å². The molecule has 1 unspecified atom stereocenters. The quantitative estimate of drug-likeness (QED) is 0.637. The number of rotatable bonds is 6. The van der Waals surface area contributed by atoms with Crippen LogP contribution in [0.3, 0.4) is 0 Å². The summed E-state index contributed by atoms with van der Waals surface area (Å²) in [4.78, 5) is 27.1. The van der Waals surface area contributed by atoms with Crippen LogP contribution in [0.25, 0.3) is 0 Å². The second-order valence-corrected chi connectivity index (χ2v) is 8.55. The minimum absolute atomic E-state index is 0.0783. The summed E-state index contributed by atoms with van der Waals surface area (Å²) >= 11 is 1.34. The zero-order valence-corrected chi connectivity index (χ0v) is 17.2. The summed E-state index contributed by atoms with van der Waals surface area (Å²) < 4.78 is 1.62. The second-order valence-electron chi connectivity index (χ2n) is 7.24. The van der Waals surface area contributed by atoms with Gasteiger partial charge in [-0.05, 0) is 36.5 Å². The molecule has 0 saturated carbocycles. The van der Waals surface area contributed by atoms with Gasteiger partial charge in [-0.2, -0.15) is 0 Å². The van der Waals surface area contributed by atoms with Crippen LogP contribution in [0.15, 0.2) is 64.5 Å². The molecule has 1 amide bonds. The second kappa shape index (κ2) is 8.69. The Bertz CT molecular complexity index is 1040. The molecule has 1 aromatic heterocycles. The highest BCUT2D eigenvalue weighted by atomic mass is 32.2. The summed E-state index contributed by atoms with van der Waals surface area (Å²) in [7, 11) is 0. The zero-order chi connectivity index (χ0) is 20.2. The molecule has 7 heteroatoms. The van der Waals surface area contributed by atoms with Gasteiger partial charge in [0.05, 0.1) is 5.25 Å². The molecular weight excluding hydrogens is 384 g/mol. The zero-order valence-electron chi connectivity index (χ0n) is 16.4. The van der Waals surface area contributed by atoms with Crippen LogP contribution in [-0.2, 0) is 30.7 Å². The summed E-state index contributed by atoms with van der Waals surface area (Å²) in [6.45, 7) is 3.78. The number of carbonyl (C=O) groups is 1. The van der Waals surface area contributed by atoms with Crippen LogP contribution in [0.5, 0.6) is 0 Å². The van der Waals surface area contributed by atoms with Gasteiger partial charge in [-0.1, -0.05) is 66.4 Å². The lowest BCUT2D eigenvalue weighted by molar-refractivity contribution is -0.131. The summed E-state index contributed by atoms with van der Waals surface area (Å²) in [6.07, 6.45) is 1.61. The third kappa shape index (κ3) is 4.45. The summed E-state index contributed by atoms with van der Waals surface area (Å²) in [5, 5.41) is 6.92. The van der Waals surface area contributed by atoms with E-state index < -0.39 is 0 Å². The third-order valence-electron chi connectivity index (χ3n) is 5.26. The Balaban J connectivity index is 1.41. The first-order valence-electron chi connectivity index (χ1n) is 9.83. The molecule has 0 aliphatic carbocycles. The number of aryl methyl sites for hydroxylation is 1. The van der Waals surface area contributed by atoms with Gasteiger partial charge in [0, 0.05) is 19.6 Å². The number of aromatic nitrogens is 3. The molecule has 1 aliphatic rings. The van der Waals surface area contributed by atoms with Gasteiger partial charge in [0.2, 0.25) is 5.91 Å². The SMILES string of the molecule is CC(Sc1n[nH]c(=O)n1CCc1ccccc1)C(=O)N1CCc2ccccc2C1. The lowest BCUT2D eigenvalue weighted by Crippen LogP contribution is -2.40. The van der Waals surface area contributed by atoms with E-state index in [0.717, 1.165) is 24.9 Å². The van der Waals surface area contributed by atoms with Crippen LogP contribution >= 0.6 is 11.8 Å². The van der Waals surface area contributed by atoms with Gasteiger partial charge in [-0.25, -0.2) is 9.89 Å². The average molecular weight is 409 g/mol. The molecule has 0 bridgehead atoms. The van der Waals surface area contributed by atoms with Gasteiger partial charge in [-0.15, -0.1) is 5.10 Å². The van der Waals surface area contributed by atoms with Crippen LogP contribution < -0.4 is 5.69 Å². The molecule has 4 rings (SSSR count). The molecule has 29 heavy (non-hydrogen) atoms. The predicted octanol–water partition coefficient (Wildman–Crippen LogP) is 2.88. The number of nitrogens with one attached hydrogen (secondary N) is 1. The maximum Gasteiger partial charge on any atom is 0.343 e. The van der Waals surface area contributed by atoms with Gasteiger partial charge < -0.3 is 4.90 Å². The van der Waals surface area contributed by atoms with E-state index in [0.29, 0.717) is 18.2 Å². The molecule has 1 atom stereocenters. The van der Waals surface area contributed by atoms with Crippen molar-refractivity contribution >= 4 is 17.7 Å². The topological polar surface area (TPSA) is 71.0 Å². The number of carbonyl (C=O) groups excluding carboxylic acids is 1. The smallest absolute Gasteiger partial charge is 0.337 e. The van der Waals surface area contributed by atoms with Crippen LogP contribution in [0.1, 0.15) is 23.6 Å². The molecular formula is C22H24N4O2S. The molecule has 2 aromatic carbocycles. The van der Waals surface area contributed by atoms with Crippen molar-refractivity contribution in [3.05, 3.63) is 81.8 Å². The number of hydrogen-bond acceptors (Lipinski definition) is 4. The van der Waals surface area contributed by atoms with Crippen LogP contribution in [-0.4, -0.2) is 37.4 Å². The Morgan fingerprint density at radius 3 is 2.66 bits per heavy atom. The molecule has 1 N–H and O–H groups in total. The Labute approximate surface area is 173 Å². The van der Waals surface area contributed by atoms with Gasteiger partial charge >= 0.3 is 5.69 Å². The Kier molecular flexibility index (Phi) is 5.85. The number of amides is 1. The van der Waals surface area contributed by atoms with Crippen molar-refractivity contribution in [3.63, 3.8) is 0 Å². The lowest BCUT2D eigenvalue weighted by atomic mass is 10.00. The van der Waals surface area contributed by atoms with Crippen molar-refractivity contribution in [2.24, 2.45) is 0 Å². The highest BCUT2D eigenvalue weighted by Gasteiger charge is 2.26. The highest BCUT2D eigenvalue weighted by Crippen LogP contribution is 2.25. The van der Waals surface area contributed by atoms with Crippen molar-refractivity contribution in [3.8, 4) is 0 Å². The number of hydrogen-bond donors (Lipinski definition) is 1. The minimum Gasteiger partial charge on any atom is -0.337 e. The Morgan fingerprint density at radius 1 is 1.14 bits per heavy atom. The number of H-pyrrole nitrogens is 1. The number of benzene rings is 2. The third-order valence-corrected chi connectivity index (χ3v) is 6.34. The van der Waals surface area contributed by atoms with E-state index in [4.69, 9.17) is 0 Å². The molecule has 0 radical (unpaired) electrons. The van der Waals surface area contributed by atoms with E-state index >= 15 is 0 Å². The molecule has 2 heterocycles.